The summed E-state index contributed by atoms with van der Waals surface area (Å²) in [6, 6.07) is 105. The molecule has 1 aliphatic rings. The lowest BCUT2D eigenvalue weighted by molar-refractivity contribution is 0.768. The smallest absolute Gasteiger partial charge is 0.0713 e. The van der Waals surface area contributed by atoms with Crippen molar-refractivity contribution in [2.24, 2.45) is 0 Å². The van der Waals surface area contributed by atoms with E-state index in [1.165, 1.54) is 99.4 Å². The molecule has 0 N–H and O–H groups in total. The summed E-state index contributed by atoms with van der Waals surface area (Å²) in [6.07, 6.45) is 0. The lowest BCUT2D eigenvalue weighted by Crippen LogP contribution is -2.28. The van der Waals surface area contributed by atoms with Gasteiger partial charge < -0.3 is 4.90 Å². The number of rotatable bonds is 9. The number of hydrogen-bond acceptors (Lipinski definition) is 1. The predicted molar refractivity (Wildman–Crippen MR) is 295 cm³/mol. The van der Waals surface area contributed by atoms with Crippen LogP contribution in [0, 0.1) is 0 Å². The molecule has 12 aromatic rings. The van der Waals surface area contributed by atoms with E-state index in [0.717, 1.165) is 17.1 Å². The number of anilines is 3. The molecule has 0 spiro atoms. The highest BCUT2D eigenvalue weighted by atomic mass is 15.1. The van der Waals surface area contributed by atoms with Crippen LogP contribution in [-0.4, -0.2) is 0 Å². The van der Waals surface area contributed by atoms with Crippen molar-refractivity contribution in [2.45, 2.75) is 5.41 Å². The van der Waals surface area contributed by atoms with Crippen LogP contribution in [-0.2, 0) is 5.41 Å². The summed E-state index contributed by atoms with van der Waals surface area (Å²) in [5.41, 5.74) is 20.2. The van der Waals surface area contributed by atoms with Crippen LogP contribution in [0.4, 0.5) is 17.1 Å². The molecule has 0 atom stereocenters. The highest BCUT2D eigenvalue weighted by Crippen LogP contribution is 2.58. The van der Waals surface area contributed by atoms with Crippen LogP contribution in [0.1, 0.15) is 22.3 Å². The maximum absolute atomic E-state index is 2.43. The van der Waals surface area contributed by atoms with E-state index in [1.54, 1.807) is 0 Å². The summed E-state index contributed by atoms with van der Waals surface area (Å²) in [6.45, 7) is 0. The molecule has 13 rings (SSSR count). The van der Waals surface area contributed by atoms with Gasteiger partial charge in [-0.25, -0.2) is 0 Å². The Morgan fingerprint density at radius 1 is 0.257 bits per heavy atom. The second kappa shape index (κ2) is 17.2. The fraction of sp³-hybridized carbons (Fsp3) is 0.0145. The zero-order valence-corrected chi connectivity index (χ0v) is 38.6. The van der Waals surface area contributed by atoms with Gasteiger partial charge in [-0.05, 0) is 130 Å². The number of fused-ring (bicyclic) bond motifs is 5. The molecule has 1 nitrogen and oxygen atoms in total. The average Bonchev–Trinajstić information content (AvgIpc) is 3.75. The normalized spacial score (nSPS) is 12.4. The second-order valence-corrected chi connectivity index (χ2v) is 18.4. The Balaban J connectivity index is 0.964. The van der Waals surface area contributed by atoms with Crippen molar-refractivity contribution < 1.29 is 0 Å². The van der Waals surface area contributed by atoms with Crippen molar-refractivity contribution in [1.29, 1.82) is 0 Å². The van der Waals surface area contributed by atoms with Gasteiger partial charge in [0.25, 0.3) is 0 Å². The van der Waals surface area contributed by atoms with Gasteiger partial charge >= 0.3 is 0 Å². The molecular weight excluding hydrogens is 843 g/mol. The molecule has 0 saturated carbocycles. The molecule has 1 aliphatic carbocycles. The van der Waals surface area contributed by atoms with E-state index in [9.17, 15) is 0 Å². The van der Waals surface area contributed by atoms with Crippen LogP contribution >= 0.6 is 0 Å². The minimum Gasteiger partial charge on any atom is -0.310 e. The first-order valence-corrected chi connectivity index (χ1v) is 24.2. The van der Waals surface area contributed by atoms with Crippen molar-refractivity contribution >= 4 is 38.6 Å². The Morgan fingerprint density at radius 2 is 0.700 bits per heavy atom. The molecule has 70 heavy (non-hydrogen) atoms. The first-order chi connectivity index (χ1) is 34.7. The largest absolute Gasteiger partial charge is 0.310 e. The third kappa shape index (κ3) is 6.86. The van der Waals surface area contributed by atoms with Crippen LogP contribution in [0.5, 0.6) is 0 Å². The molecular formula is C69H47N. The van der Waals surface area contributed by atoms with Crippen LogP contribution in [0.2, 0.25) is 0 Å². The molecule has 328 valence electrons. The quantitative estimate of drug-likeness (QED) is 0.140. The third-order valence-electron chi connectivity index (χ3n) is 14.6. The Hall–Kier alpha value is -9.04. The van der Waals surface area contributed by atoms with Gasteiger partial charge in [-0.15, -0.1) is 0 Å². The second-order valence-electron chi connectivity index (χ2n) is 18.4. The zero-order valence-electron chi connectivity index (χ0n) is 38.6. The molecule has 0 amide bonds. The predicted octanol–water partition coefficient (Wildman–Crippen LogP) is 18.5. The van der Waals surface area contributed by atoms with E-state index in [0.29, 0.717) is 0 Å². The molecule has 12 aromatic carbocycles. The Morgan fingerprint density at radius 3 is 1.37 bits per heavy atom. The van der Waals surface area contributed by atoms with E-state index >= 15 is 0 Å². The van der Waals surface area contributed by atoms with Crippen molar-refractivity contribution in [1.82, 2.24) is 0 Å². The van der Waals surface area contributed by atoms with Crippen LogP contribution < -0.4 is 4.90 Å². The number of hydrogen-bond donors (Lipinski definition) is 0. The lowest BCUT2D eigenvalue weighted by Gasteiger charge is -2.34. The monoisotopic (exact) mass is 889 g/mol. The van der Waals surface area contributed by atoms with Gasteiger partial charge in [0, 0.05) is 16.8 Å². The summed E-state index contributed by atoms with van der Waals surface area (Å²) in [5, 5.41) is 4.86. The summed E-state index contributed by atoms with van der Waals surface area (Å²) < 4.78 is 0. The van der Waals surface area contributed by atoms with Gasteiger partial charge in [0.1, 0.15) is 0 Å². The van der Waals surface area contributed by atoms with Crippen molar-refractivity contribution in [3.05, 3.63) is 307 Å². The Labute approximate surface area is 409 Å². The van der Waals surface area contributed by atoms with Gasteiger partial charge in [0.05, 0.1) is 11.1 Å². The molecule has 0 fully saturated rings. The maximum Gasteiger partial charge on any atom is 0.0713 e. The van der Waals surface area contributed by atoms with Crippen LogP contribution in [0.25, 0.3) is 77.2 Å². The van der Waals surface area contributed by atoms with Crippen LogP contribution in [0.3, 0.4) is 0 Å². The van der Waals surface area contributed by atoms with E-state index < -0.39 is 5.41 Å². The summed E-state index contributed by atoms with van der Waals surface area (Å²) in [5.74, 6) is 0. The van der Waals surface area contributed by atoms with Crippen LogP contribution in [0.15, 0.2) is 285 Å². The molecule has 0 heterocycles. The molecule has 0 bridgehead atoms. The maximum atomic E-state index is 2.43. The highest BCUT2D eigenvalue weighted by molar-refractivity contribution is 6.04. The van der Waals surface area contributed by atoms with E-state index in [1.807, 2.05) is 0 Å². The molecule has 0 saturated heterocycles. The fourth-order valence-electron chi connectivity index (χ4n) is 11.3. The molecule has 0 radical (unpaired) electrons. The van der Waals surface area contributed by atoms with Crippen molar-refractivity contribution in [2.75, 3.05) is 4.90 Å². The first kappa shape index (κ1) is 41.2. The molecule has 0 aromatic heterocycles. The number of benzene rings is 12. The fourth-order valence-corrected chi connectivity index (χ4v) is 11.3. The zero-order chi connectivity index (χ0) is 46.4. The minimum atomic E-state index is -0.475. The topological polar surface area (TPSA) is 3.24 Å². The standard InChI is InChI=1S/C69H47N/c1-4-17-48(18-5-1)49-33-35-50(36-34-49)51-39-43-58(44-40-51)70(59-45-41-54(42-46-59)61-28-14-20-52-19-10-11-26-60(52)61)67-32-15-21-53-37-38-55(47-64(53)67)62-29-16-31-66-68(62)63-27-12-13-30-65(63)69(66,56-22-6-2-7-23-56)57-24-8-3-9-25-57/h1-47H. The summed E-state index contributed by atoms with van der Waals surface area (Å²) >= 11 is 0. The van der Waals surface area contributed by atoms with E-state index in [-0.39, 0.29) is 0 Å². The van der Waals surface area contributed by atoms with E-state index in [4.69, 9.17) is 0 Å². The lowest BCUT2D eigenvalue weighted by atomic mass is 9.67. The third-order valence-corrected chi connectivity index (χ3v) is 14.6. The van der Waals surface area contributed by atoms with Gasteiger partial charge in [-0.1, -0.05) is 249 Å². The minimum absolute atomic E-state index is 0.475. The Bertz CT molecular complexity index is 3790. The Kier molecular flexibility index (Phi) is 10.1. The SMILES string of the molecule is c1ccc(-c2ccc(-c3ccc(N(c4ccc(-c5cccc6ccccc56)cc4)c4cccc5ccc(-c6cccc7c6-c6ccccc6C7(c6ccccc6)c6ccccc6)cc45)cc3)cc2)cc1. The van der Waals surface area contributed by atoms with Gasteiger partial charge in [0.15, 0.2) is 0 Å². The van der Waals surface area contributed by atoms with Gasteiger partial charge in [-0.2, -0.15) is 0 Å². The first-order valence-electron chi connectivity index (χ1n) is 24.2. The average molecular weight is 890 g/mol. The van der Waals surface area contributed by atoms with Gasteiger partial charge in [0.2, 0.25) is 0 Å². The summed E-state index contributed by atoms with van der Waals surface area (Å²) in [4.78, 5) is 2.43. The number of nitrogens with zero attached hydrogens (tertiary/aromatic N) is 1. The van der Waals surface area contributed by atoms with E-state index in [2.05, 4.69) is 290 Å². The molecule has 0 aliphatic heterocycles. The molecule has 0 unspecified atom stereocenters. The molecule has 1 heteroatoms. The summed E-state index contributed by atoms with van der Waals surface area (Å²) in [7, 11) is 0. The van der Waals surface area contributed by atoms with Gasteiger partial charge in [-0.3, -0.25) is 0 Å². The van der Waals surface area contributed by atoms with Crippen molar-refractivity contribution in [3.63, 3.8) is 0 Å². The van der Waals surface area contributed by atoms with Crippen molar-refractivity contribution in [3.8, 4) is 55.6 Å². The highest BCUT2D eigenvalue weighted by Gasteiger charge is 2.46.